The Labute approximate surface area is 85.9 Å². The Kier molecular flexibility index (Phi) is 2.77. The maximum Gasteiger partial charge on any atom is 0.138 e. The first-order chi connectivity index (χ1) is 7.16. The second-order valence-electron chi connectivity index (χ2n) is 3.52. The number of hydrogen-bond acceptors (Lipinski definition) is 2. The minimum Gasteiger partial charge on any atom is -0.372 e. The van der Waals surface area contributed by atoms with E-state index in [1.165, 1.54) is 0 Å². The number of carbonyl (C=O) groups is 1. The lowest BCUT2D eigenvalue weighted by molar-refractivity contribution is -0.128. The van der Waals surface area contributed by atoms with E-state index in [1.54, 1.807) is 0 Å². The van der Waals surface area contributed by atoms with Crippen molar-refractivity contribution in [3.05, 3.63) is 35.4 Å². The van der Waals surface area contributed by atoms with Gasteiger partial charge in [-0.15, -0.1) is 0 Å². The summed E-state index contributed by atoms with van der Waals surface area (Å²) < 4.78 is 31.5. The Balaban J connectivity index is 2.27. The van der Waals surface area contributed by atoms with Crippen molar-refractivity contribution >= 4 is 5.78 Å². The van der Waals surface area contributed by atoms with Gasteiger partial charge in [0.05, 0.1) is 12.7 Å². The fourth-order valence-electron chi connectivity index (χ4n) is 1.64. The van der Waals surface area contributed by atoms with Gasteiger partial charge in [0.15, 0.2) is 0 Å². The molecule has 0 saturated carbocycles. The molecule has 80 valence electrons. The number of ketones is 1. The molecule has 0 radical (unpaired) electrons. The normalized spacial score (nSPS) is 21.7. The molecule has 1 atom stereocenters. The number of ether oxygens (including phenoxy) is 1. The quantitative estimate of drug-likeness (QED) is 0.714. The van der Waals surface area contributed by atoms with E-state index in [2.05, 4.69) is 0 Å². The van der Waals surface area contributed by atoms with E-state index in [4.69, 9.17) is 4.74 Å². The Morgan fingerprint density at radius 2 is 2.13 bits per heavy atom. The molecule has 1 unspecified atom stereocenters. The molecular weight excluding hydrogens is 202 g/mol. The van der Waals surface area contributed by atoms with E-state index in [0.29, 0.717) is 6.42 Å². The zero-order valence-electron chi connectivity index (χ0n) is 8.00. The third-order valence-electron chi connectivity index (χ3n) is 2.42. The second kappa shape index (κ2) is 4.06. The van der Waals surface area contributed by atoms with E-state index in [-0.39, 0.29) is 24.4 Å². The second-order valence-corrected chi connectivity index (χ2v) is 3.52. The van der Waals surface area contributed by atoms with E-state index < -0.39 is 17.7 Å². The largest absolute Gasteiger partial charge is 0.372 e. The fraction of sp³-hybridized carbons (Fsp3) is 0.364. The molecule has 1 aromatic rings. The molecule has 0 N–H and O–H groups in total. The van der Waals surface area contributed by atoms with Gasteiger partial charge < -0.3 is 4.74 Å². The first-order valence-electron chi connectivity index (χ1n) is 4.75. The number of hydrogen-bond donors (Lipinski definition) is 0. The molecule has 2 rings (SSSR count). The third kappa shape index (κ3) is 2.21. The van der Waals surface area contributed by atoms with Crippen molar-refractivity contribution in [1.82, 2.24) is 0 Å². The van der Waals surface area contributed by atoms with Gasteiger partial charge >= 0.3 is 0 Å². The van der Waals surface area contributed by atoms with Crippen LogP contribution in [-0.4, -0.2) is 12.4 Å². The number of rotatable bonds is 1. The predicted octanol–water partition coefficient (Wildman–Crippen LogP) is 2.39. The molecule has 0 amide bonds. The molecule has 0 spiro atoms. The maximum atomic E-state index is 13.3. The van der Waals surface area contributed by atoms with Crippen molar-refractivity contribution in [2.24, 2.45) is 0 Å². The van der Waals surface area contributed by atoms with Crippen LogP contribution in [0.4, 0.5) is 8.78 Å². The van der Waals surface area contributed by atoms with Crippen LogP contribution < -0.4 is 0 Å². The lowest BCUT2D eigenvalue weighted by Crippen LogP contribution is -2.20. The summed E-state index contributed by atoms with van der Waals surface area (Å²) in [5.74, 6) is -1.03. The highest BCUT2D eigenvalue weighted by Gasteiger charge is 2.24. The fourth-order valence-corrected chi connectivity index (χ4v) is 1.64. The molecule has 0 bridgehead atoms. The van der Waals surface area contributed by atoms with Gasteiger partial charge in [-0.3, -0.25) is 4.79 Å². The summed E-state index contributed by atoms with van der Waals surface area (Å²) in [6.45, 7) is 0.277. The van der Waals surface area contributed by atoms with Crippen LogP contribution in [0.25, 0.3) is 0 Å². The van der Waals surface area contributed by atoms with Gasteiger partial charge in [0, 0.05) is 18.4 Å². The van der Waals surface area contributed by atoms with Crippen LogP contribution in [0, 0.1) is 11.6 Å². The number of carbonyl (C=O) groups excluding carboxylic acids is 1. The minimum atomic E-state index is -0.637. The lowest BCUT2D eigenvalue weighted by atomic mass is 10.00. The summed E-state index contributed by atoms with van der Waals surface area (Å²) in [5.41, 5.74) is 0.128. The average Bonchev–Trinajstić information content (AvgIpc) is 2.22. The minimum absolute atomic E-state index is 0.0231. The molecule has 0 aromatic heterocycles. The number of Topliss-reactive ketones (excluding diaryl/α,β-unsaturated/α-hetero) is 1. The molecule has 4 heteroatoms. The summed E-state index contributed by atoms with van der Waals surface area (Å²) in [4.78, 5) is 11.1. The van der Waals surface area contributed by atoms with Crippen LogP contribution in [0.1, 0.15) is 24.5 Å². The van der Waals surface area contributed by atoms with Crippen LogP contribution in [0.15, 0.2) is 18.2 Å². The smallest absolute Gasteiger partial charge is 0.138 e. The molecule has 1 fully saturated rings. The lowest BCUT2D eigenvalue weighted by Gasteiger charge is -2.22. The maximum absolute atomic E-state index is 13.3. The first-order valence-corrected chi connectivity index (χ1v) is 4.75. The van der Waals surface area contributed by atoms with Crippen molar-refractivity contribution in [2.45, 2.75) is 18.9 Å². The average molecular weight is 212 g/mol. The van der Waals surface area contributed by atoms with Gasteiger partial charge in [-0.05, 0) is 18.2 Å². The van der Waals surface area contributed by atoms with Crippen LogP contribution in [0.3, 0.4) is 0 Å². The van der Waals surface area contributed by atoms with Crippen LogP contribution >= 0.6 is 0 Å². The molecule has 1 saturated heterocycles. The highest BCUT2D eigenvalue weighted by molar-refractivity contribution is 5.79. The van der Waals surface area contributed by atoms with Gasteiger partial charge in [0.1, 0.15) is 17.4 Å². The van der Waals surface area contributed by atoms with Gasteiger partial charge in [0.25, 0.3) is 0 Å². The zero-order chi connectivity index (χ0) is 10.8. The van der Waals surface area contributed by atoms with Crippen LogP contribution in [0.2, 0.25) is 0 Å². The molecule has 1 aliphatic rings. The van der Waals surface area contributed by atoms with Crippen molar-refractivity contribution in [3.63, 3.8) is 0 Å². The first kappa shape index (κ1) is 10.2. The number of benzene rings is 1. The number of halogens is 2. The zero-order valence-corrected chi connectivity index (χ0v) is 8.00. The van der Waals surface area contributed by atoms with Gasteiger partial charge in [0.2, 0.25) is 0 Å². The summed E-state index contributed by atoms with van der Waals surface area (Å²) in [7, 11) is 0. The highest BCUT2D eigenvalue weighted by atomic mass is 19.1. The highest BCUT2D eigenvalue weighted by Crippen LogP contribution is 2.28. The van der Waals surface area contributed by atoms with Gasteiger partial charge in [-0.25, -0.2) is 8.78 Å². The summed E-state index contributed by atoms with van der Waals surface area (Å²) in [6.07, 6.45) is -0.157. The monoisotopic (exact) mass is 212 g/mol. The van der Waals surface area contributed by atoms with Gasteiger partial charge in [-0.1, -0.05) is 0 Å². The van der Waals surface area contributed by atoms with Crippen LogP contribution in [-0.2, 0) is 9.53 Å². The molecule has 1 aliphatic heterocycles. The Hall–Kier alpha value is -1.29. The van der Waals surface area contributed by atoms with Crippen molar-refractivity contribution < 1.29 is 18.3 Å². The van der Waals surface area contributed by atoms with E-state index in [9.17, 15) is 13.6 Å². The van der Waals surface area contributed by atoms with E-state index in [1.807, 2.05) is 0 Å². The molecule has 2 nitrogen and oxygen atoms in total. The topological polar surface area (TPSA) is 26.3 Å². The third-order valence-corrected chi connectivity index (χ3v) is 2.42. The van der Waals surface area contributed by atoms with Gasteiger partial charge in [-0.2, -0.15) is 0 Å². The molecular formula is C11H10F2O2. The Bertz CT molecular complexity index is 390. The Morgan fingerprint density at radius 1 is 1.33 bits per heavy atom. The molecule has 15 heavy (non-hydrogen) atoms. The van der Waals surface area contributed by atoms with E-state index >= 15 is 0 Å². The summed E-state index contributed by atoms with van der Waals surface area (Å²) in [5, 5.41) is 0. The standard InChI is InChI=1S/C11H10F2O2/c12-7-1-2-10(13)9(5-7)11-6-8(14)3-4-15-11/h1-2,5,11H,3-4,6H2. The SMILES string of the molecule is O=C1CCOC(c2cc(F)ccc2F)C1. The van der Waals surface area contributed by atoms with Crippen molar-refractivity contribution in [1.29, 1.82) is 0 Å². The molecule has 0 aliphatic carbocycles. The predicted molar refractivity (Wildman–Crippen MR) is 49.3 cm³/mol. The summed E-state index contributed by atoms with van der Waals surface area (Å²) >= 11 is 0. The van der Waals surface area contributed by atoms with E-state index in [0.717, 1.165) is 18.2 Å². The van der Waals surface area contributed by atoms with Crippen molar-refractivity contribution in [2.75, 3.05) is 6.61 Å². The molecule has 1 heterocycles. The summed E-state index contributed by atoms with van der Waals surface area (Å²) in [6, 6.07) is 3.18. The van der Waals surface area contributed by atoms with Crippen molar-refractivity contribution in [3.8, 4) is 0 Å². The Morgan fingerprint density at radius 3 is 2.87 bits per heavy atom. The van der Waals surface area contributed by atoms with Crippen LogP contribution in [0.5, 0.6) is 0 Å². The molecule has 1 aromatic carbocycles.